The minimum atomic E-state index is -1.19. The Balaban J connectivity index is 1.39. The smallest absolute Gasteiger partial charge is 0.356 e. The summed E-state index contributed by atoms with van der Waals surface area (Å²) in [7, 11) is 0. The summed E-state index contributed by atoms with van der Waals surface area (Å²) in [5, 5.41) is 13.4. The molecule has 33 heavy (non-hydrogen) atoms. The number of nitrogens with zero attached hydrogens (tertiary/aromatic N) is 4. The number of carbonyl (C=O) groups is 2. The van der Waals surface area contributed by atoms with Crippen LogP contribution in [-0.4, -0.2) is 62.4 Å². The van der Waals surface area contributed by atoms with E-state index in [1.165, 1.54) is 24.4 Å². The monoisotopic (exact) mass is 472 g/mol. The summed E-state index contributed by atoms with van der Waals surface area (Å²) in [6, 6.07) is 12.2. The van der Waals surface area contributed by atoms with E-state index in [4.69, 9.17) is 21.4 Å². The van der Waals surface area contributed by atoms with Crippen molar-refractivity contribution in [3.8, 4) is 11.5 Å². The van der Waals surface area contributed by atoms with Crippen LogP contribution in [0.15, 0.2) is 54.7 Å². The first-order chi connectivity index (χ1) is 15.8. The van der Waals surface area contributed by atoms with Crippen LogP contribution in [0.4, 0.5) is 9.18 Å². The van der Waals surface area contributed by atoms with Crippen molar-refractivity contribution >= 4 is 23.6 Å². The van der Waals surface area contributed by atoms with Crippen LogP contribution in [0, 0.1) is 5.82 Å². The zero-order valence-corrected chi connectivity index (χ0v) is 18.6. The van der Waals surface area contributed by atoms with Crippen molar-refractivity contribution < 1.29 is 23.8 Å². The number of halogens is 2. The van der Waals surface area contributed by atoms with Crippen molar-refractivity contribution in [2.45, 2.75) is 19.5 Å². The summed E-state index contributed by atoms with van der Waals surface area (Å²) in [5.41, 5.74) is 0.571. The zero-order valence-electron chi connectivity index (χ0n) is 17.8. The van der Waals surface area contributed by atoms with Crippen molar-refractivity contribution in [2.75, 3.05) is 19.6 Å². The molecule has 2 heterocycles. The highest BCUT2D eigenvalue weighted by molar-refractivity contribution is 6.30. The van der Waals surface area contributed by atoms with E-state index in [1.807, 2.05) is 6.92 Å². The number of hydrogen-bond acceptors (Lipinski definition) is 5. The Morgan fingerprint density at radius 2 is 1.91 bits per heavy atom. The molecule has 0 saturated carbocycles. The molecule has 2 aromatic carbocycles. The second-order valence-corrected chi connectivity index (χ2v) is 8.30. The van der Waals surface area contributed by atoms with Gasteiger partial charge in [0.2, 0.25) is 0 Å². The van der Waals surface area contributed by atoms with Gasteiger partial charge in [0.25, 0.3) is 0 Å². The summed E-state index contributed by atoms with van der Waals surface area (Å²) < 4.78 is 21.0. The zero-order chi connectivity index (χ0) is 23.5. The number of carboxylic acid groups (broad SMARTS) is 1. The average Bonchev–Trinajstić information content (AvgIpc) is 3.25. The molecule has 10 heteroatoms. The van der Waals surface area contributed by atoms with Gasteiger partial charge in [0.05, 0.1) is 0 Å². The number of hydrogen-bond donors (Lipinski definition) is 1. The molecule has 3 aromatic rings. The van der Waals surface area contributed by atoms with Crippen LogP contribution in [0.1, 0.15) is 23.0 Å². The third-order valence-corrected chi connectivity index (χ3v) is 5.60. The number of carboxylic acids is 1. The Morgan fingerprint density at radius 1 is 1.15 bits per heavy atom. The third kappa shape index (κ3) is 5.50. The predicted octanol–water partition coefficient (Wildman–Crippen LogP) is 4.34. The van der Waals surface area contributed by atoms with Crippen LogP contribution >= 0.6 is 11.6 Å². The molecule has 1 fully saturated rings. The van der Waals surface area contributed by atoms with Crippen LogP contribution in [0.25, 0.3) is 0 Å². The fraction of sp³-hybridized carbons (Fsp3) is 0.261. The van der Waals surface area contributed by atoms with E-state index in [9.17, 15) is 14.0 Å². The van der Waals surface area contributed by atoms with Gasteiger partial charge in [-0.3, -0.25) is 4.90 Å². The molecule has 1 amide bonds. The molecule has 0 bridgehead atoms. The second-order valence-electron chi connectivity index (χ2n) is 7.86. The fourth-order valence-corrected chi connectivity index (χ4v) is 3.93. The highest BCUT2D eigenvalue weighted by Crippen LogP contribution is 2.26. The van der Waals surface area contributed by atoms with E-state index in [2.05, 4.69) is 10.00 Å². The maximum Gasteiger partial charge on any atom is 0.356 e. The molecule has 1 saturated heterocycles. The topological polar surface area (TPSA) is 87.9 Å². The number of benzene rings is 2. The molecule has 8 nitrogen and oxygen atoms in total. The SMILES string of the molecule is CC1CN(Cc2cc(F)cc(Oc3ccc(Cl)cc3)c2)CCN1C(=O)n1ccc(C(=O)O)n1. The van der Waals surface area contributed by atoms with Crippen LogP contribution < -0.4 is 4.74 Å². The standard InChI is InChI=1S/C23H22ClFN4O4/c1-15-13-27(8-9-28(15)23(32)29-7-6-21(26-29)22(30)31)14-16-10-18(25)12-20(11-16)33-19-4-2-17(24)3-5-19/h2-7,10-12,15H,8-9,13-14H2,1H3,(H,30,31). The Hall–Kier alpha value is -3.43. The van der Waals surface area contributed by atoms with Gasteiger partial charge in [-0.1, -0.05) is 11.6 Å². The van der Waals surface area contributed by atoms with Crippen LogP contribution in [0.3, 0.4) is 0 Å². The van der Waals surface area contributed by atoms with Gasteiger partial charge in [-0.25, -0.2) is 14.0 Å². The van der Waals surface area contributed by atoms with Gasteiger partial charge >= 0.3 is 12.0 Å². The minimum absolute atomic E-state index is 0.137. The van der Waals surface area contributed by atoms with Crippen LogP contribution in [0.2, 0.25) is 5.02 Å². The van der Waals surface area contributed by atoms with Gasteiger partial charge in [0.15, 0.2) is 5.69 Å². The maximum absolute atomic E-state index is 14.2. The molecule has 1 N–H and O–H groups in total. The molecule has 1 aliphatic rings. The number of ether oxygens (including phenoxy) is 1. The quantitative estimate of drug-likeness (QED) is 0.594. The van der Waals surface area contributed by atoms with Gasteiger partial charge in [-0.05, 0) is 55.0 Å². The van der Waals surface area contributed by atoms with Crippen molar-refractivity contribution in [3.63, 3.8) is 0 Å². The molecule has 1 aliphatic heterocycles. The largest absolute Gasteiger partial charge is 0.476 e. The van der Waals surface area contributed by atoms with Crippen LogP contribution in [0.5, 0.6) is 11.5 Å². The summed E-state index contributed by atoms with van der Waals surface area (Å²) >= 11 is 5.89. The first-order valence-electron chi connectivity index (χ1n) is 10.3. The lowest BCUT2D eigenvalue weighted by atomic mass is 10.1. The second kappa shape index (κ2) is 9.60. The highest BCUT2D eigenvalue weighted by Gasteiger charge is 2.29. The summed E-state index contributed by atoms with van der Waals surface area (Å²) in [5.74, 6) is -0.636. The lowest BCUT2D eigenvalue weighted by molar-refractivity contribution is 0.0689. The van der Waals surface area contributed by atoms with E-state index >= 15 is 0 Å². The number of piperazine rings is 1. The van der Waals surface area contributed by atoms with Crippen molar-refractivity contribution in [1.82, 2.24) is 19.6 Å². The summed E-state index contributed by atoms with van der Waals surface area (Å²) in [6.45, 7) is 3.99. The van der Waals surface area contributed by atoms with E-state index in [-0.39, 0.29) is 17.8 Å². The molecule has 1 unspecified atom stereocenters. The van der Waals surface area contributed by atoms with Crippen LogP contribution in [-0.2, 0) is 6.54 Å². The molecule has 0 aliphatic carbocycles. The van der Waals surface area contributed by atoms with Gasteiger partial charge in [0.1, 0.15) is 17.3 Å². The lowest BCUT2D eigenvalue weighted by Crippen LogP contribution is -2.54. The molecule has 1 atom stereocenters. The molecule has 4 rings (SSSR count). The van der Waals surface area contributed by atoms with Crippen molar-refractivity contribution in [1.29, 1.82) is 0 Å². The number of carbonyl (C=O) groups excluding carboxylic acids is 1. The van der Waals surface area contributed by atoms with E-state index < -0.39 is 11.8 Å². The molecule has 172 valence electrons. The molecular weight excluding hydrogens is 451 g/mol. The molecular formula is C23H22ClFN4O4. The fourth-order valence-electron chi connectivity index (χ4n) is 3.80. The van der Waals surface area contributed by atoms with E-state index in [0.29, 0.717) is 42.7 Å². The Morgan fingerprint density at radius 3 is 2.58 bits per heavy atom. The normalized spacial score (nSPS) is 16.6. The number of amides is 1. The number of aromatic nitrogens is 2. The van der Waals surface area contributed by atoms with Gasteiger partial charge in [-0.2, -0.15) is 9.78 Å². The Labute approximate surface area is 194 Å². The third-order valence-electron chi connectivity index (χ3n) is 5.35. The molecule has 1 aromatic heterocycles. The lowest BCUT2D eigenvalue weighted by Gasteiger charge is -2.39. The summed E-state index contributed by atoms with van der Waals surface area (Å²) in [6.07, 6.45) is 1.35. The van der Waals surface area contributed by atoms with Gasteiger partial charge in [-0.15, -0.1) is 0 Å². The van der Waals surface area contributed by atoms with Crippen molar-refractivity contribution in [3.05, 3.63) is 76.8 Å². The minimum Gasteiger partial charge on any atom is -0.476 e. The Bertz CT molecular complexity index is 1170. The predicted molar refractivity (Wildman–Crippen MR) is 119 cm³/mol. The highest BCUT2D eigenvalue weighted by atomic mass is 35.5. The average molecular weight is 473 g/mol. The number of aromatic carboxylic acids is 1. The molecule has 0 spiro atoms. The van der Waals surface area contributed by atoms with E-state index in [0.717, 1.165) is 10.2 Å². The van der Waals surface area contributed by atoms with Gasteiger partial charge < -0.3 is 14.7 Å². The first-order valence-corrected chi connectivity index (χ1v) is 10.7. The maximum atomic E-state index is 14.2. The Kier molecular flexibility index (Phi) is 6.62. The first kappa shape index (κ1) is 22.8. The molecule has 0 radical (unpaired) electrons. The van der Waals surface area contributed by atoms with Crippen molar-refractivity contribution in [2.24, 2.45) is 0 Å². The van der Waals surface area contributed by atoms with Gasteiger partial charge in [0, 0.05) is 49.5 Å². The number of rotatable bonds is 5. The summed E-state index contributed by atoms with van der Waals surface area (Å²) in [4.78, 5) is 27.5. The van der Waals surface area contributed by atoms with E-state index in [1.54, 1.807) is 35.2 Å².